The number of benzene rings is 3. The molecule has 0 radical (unpaired) electrons. The van der Waals surface area contributed by atoms with Crippen molar-refractivity contribution in [3.63, 3.8) is 0 Å². The summed E-state index contributed by atoms with van der Waals surface area (Å²) in [6.45, 7) is -0.417. The number of fused-ring (bicyclic) bond motifs is 1. The number of ether oxygens (including phenoxy) is 3. The van der Waals surface area contributed by atoms with Gasteiger partial charge >= 0.3 is 5.97 Å². The molecule has 0 spiro atoms. The van der Waals surface area contributed by atoms with Gasteiger partial charge in [0.25, 0.3) is 5.91 Å². The molecule has 0 aliphatic rings. The molecule has 1 aromatic heterocycles. The number of hydrogen-bond donors (Lipinski definition) is 1. The molecular weight excluding hydrogens is 456 g/mol. The Morgan fingerprint density at radius 3 is 2.08 bits per heavy atom. The Morgan fingerprint density at radius 1 is 0.861 bits per heavy atom. The molecule has 1 amide bonds. The van der Waals surface area contributed by atoms with Crippen LogP contribution in [0.4, 0.5) is 0 Å². The molecule has 3 aromatic carbocycles. The van der Waals surface area contributed by atoms with Gasteiger partial charge in [0.1, 0.15) is 11.5 Å². The molecule has 0 aliphatic heterocycles. The predicted octanol–water partition coefficient (Wildman–Crippen LogP) is 4.71. The van der Waals surface area contributed by atoms with E-state index in [0.29, 0.717) is 11.5 Å². The van der Waals surface area contributed by atoms with E-state index in [1.807, 2.05) is 78.9 Å². The Morgan fingerprint density at radius 2 is 1.47 bits per heavy atom. The van der Waals surface area contributed by atoms with Crippen molar-refractivity contribution in [2.75, 3.05) is 20.8 Å². The number of nitrogens with one attached hydrogen (secondary N) is 1. The normalized spacial score (nSPS) is 11.0. The SMILES string of the molecule is COc1ccc(C(NC(=O)COC(=O)/C=C\c2cccc3cccnc23)c2ccc(OC)cc2)cc1. The molecule has 0 atom stereocenters. The van der Waals surface area contributed by atoms with Gasteiger partial charge in [0.05, 0.1) is 25.8 Å². The van der Waals surface area contributed by atoms with E-state index >= 15 is 0 Å². The molecule has 0 saturated heterocycles. The number of nitrogens with zero attached hydrogens (tertiary/aromatic N) is 1. The minimum absolute atomic E-state index is 0.417. The third-order valence-corrected chi connectivity index (χ3v) is 5.61. The zero-order valence-corrected chi connectivity index (χ0v) is 20.0. The first-order valence-electron chi connectivity index (χ1n) is 11.3. The van der Waals surface area contributed by atoms with Crippen LogP contribution in [0.15, 0.2) is 91.1 Å². The molecule has 4 aromatic rings. The van der Waals surface area contributed by atoms with Gasteiger partial charge in [0.15, 0.2) is 6.61 Å². The summed E-state index contributed by atoms with van der Waals surface area (Å²) >= 11 is 0. The van der Waals surface area contributed by atoms with Crippen LogP contribution in [0.5, 0.6) is 11.5 Å². The number of methoxy groups -OCH3 is 2. The zero-order valence-electron chi connectivity index (χ0n) is 20.0. The van der Waals surface area contributed by atoms with Gasteiger partial charge in [-0.25, -0.2) is 4.79 Å². The van der Waals surface area contributed by atoms with E-state index < -0.39 is 24.5 Å². The van der Waals surface area contributed by atoms with E-state index in [-0.39, 0.29) is 0 Å². The van der Waals surface area contributed by atoms with E-state index in [4.69, 9.17) is 14.2 Å². The highest BCUT2D eigenvalue weighted by Gasteiger charge is 2.18. The quantitative estimate of drug-likeness (QED) is 0.275. The zero-order chi connectivity index (χ0) is 25.3. The Kier molecular flexibility index (Phi) is 7.93. The third kappa shape index (κ3) is 6.07. The molecule has 4 rings (SSSR count). The van der Waals surface area contributed by atoms with Gasteiger partial charge < -0.3 is 19.5 Å². The summed E-state index contributed by atoms with van der Waals surface area (Å²) in [5, 5.41) is 3.91. The molecular formula is C29H26N2O5. The first-order valence-corrected chi connectivity index (χ1v) is 11.3. The lowest BCUT2D eigenvalue weighted by Gasteiger charge is -2.20. The van der Waals surface area contributed by atoms with Crippen LogP contribution in [0.2, 0.25) is 0 Å². The summed E-state index contributed by atoms with van der Waals surface area (Å²) in [6, 6.07) is 23.9. The molecule has 1 heterocycles. The van der Waals surface area contributed by atoms with Crippen LogP contribution in [0, 0.1) is 0 Å². The van der Waals surface area contributed by atoms with Gasteiger partial charge in [0, 0.05) is 23.2 Å². The van der Waals surface area contributed by atoms with Crippen LogP contribution in [0.3, 0.4) is 0 Å². The molecule has 0 bridgehead atoms. The van der Waals surface area contributed by atoms with Crippen LogP contribution in [-0.2, 0) is 14.3 Å². The van der Waals surface area contributed by atoms with Gasteiger partial charge in [-0.05, 0) is 47.5 Å². The van der Waals surface area contributed by atoms with Crippen LogP contribution in [0.25, 0.3) is 17.0 Å². The van der Waals surface area contributed by atoms with Crippen molar-refractivity contribution in [1.29, 1.82) is 0 Å². The first kappa shape index (κ1) is 24.5. The molecule has 7 nitrogen and oxygen atoms in total. The number of esters is 1. The fourth-order valence-corrected chi connectivity index (χ4v) is 3.76. The lowest BCUT2D eigenvalue weighted by molar-refractivity contribution is -0.143. The van der Waals surface area contributed by atoms with Gasteiger partial charge in [-0.3, -0.25) is 9.78 Å². The third-order valence-electron chi connectivity index (χ3n) is 5.61. The highest BCUT2D eigenvalue weighted by atomic mass is 16.5. The Hall–Kier alpha value is -4.65. The van der Waals surface area contributed by atoms with Crippen LogP contribution >= 0.6 is 0 Å². The maximum atomic E-state index is 12.7. The molecule has 7 heteroatoms. The molecule has 0 aliphatic carbocycles. The number of carbonyl (C=O) groups excluding carboxylic acids is 2. The number of pyridine rings is 1. The number of aromatic nitrogens is 1. The monoisotopic (exact) mass is 482 g/mol. The number of rotatable bonds is 9. The van der Waals surface area contributed by atoms with Crippen molar-refractivity contribution in [1.82, 2.24) is 10.3 Å². The van der Waals surface area contributed by atoms with Crippen molar-refractivity contribution in [2.45, 2.75) is 6.04 Å². The predicted molar refractivity (Wildman–Crippen MR) is 138 cm³/mol. The van der Waals surface area contributed by atoms with E-state index in [2.05, 4.69) is 10.3 Å². The first-order chi connectivity index (χ1) is 17.6. The summed E-state index contributed by atoms with van der Waals surface area (Å²) in [5.41, 5.74) is 3.27. The van der Waals surface area contributed by atoms with Gasteiger partial charge in [0.2, 0.25) is 0 Å². The van der Waals surface area contributed by atoms with Crippen molar-refractivity contribution in [3.8, 4) is 11.5 Å². The summed E-state index contributed by atoms with van der Waals surface area (Å²) in [4.78, 5) is 29.4. The van der Waals surface area contributed by atoms with Crippen molar-refractivity contribution in [2.24, 2.45) is 0 Å². The lowest BCUT2D eigenvalue weighted by Crippen LogP contribution is -2.33. The van der Waals surface area contributed by atoms with Crippen molar-refractivity contribution < 1.29 is 23.8 Å². The smallest absolute Gasteiger partial charge is 0.331 e. The van der Waals surface area contributed by atoms with Gasteiger partial charge in [-0.2, -0.15) is 0 Å². The second kappa shape index (κ2) is 11.7. The summed E-state index contributed by atoms with van der Waals surface area (Å²) in [7, 11) is 3.19. The second-order valence-electron chi connectivity index (χ2n) is 7.91. The highest BCUT2D eigenvalue weighted by molar-refractivity contribution is 5.93. The van der Waals surface area contributed by atoms with E-state index in [0.717, 1.165) is 27.6 Å². The number of hydrogen-bond acceptors (Lipinski definition) is 6. The molecule has 182 valence electrons. The van der Waals surface area contributed by atoms with E-state index in [1.54, 1.807) is 26.5 Å². The number of amides is 1. The lowest BCUT2D eigenvalue weighted by atomic mass is 9.98. The van der Waals surface area contributed by atoms with Gasteiger partial charge in [-0.15, -0.1) is 0 Å². The maximum Gasteiger partial charge on any atom is 0.331 e. The molecule has 36 heavy (non-hydrogen) atoms. The second-order valence-corrected chi connectivity index (χ2v) is 7.91. The molecule has 0 unspecified atom stereocenters. The Bertz CT molecular complexity index is 1310. The fourth-order valence-electron chi connectivity index (χ4n) is 3.76. The van der Waals surface area contributed by atoms with Crippen LogP contribution < -0.4 is 14.8 Å². The summed E-state index contributed by atoms with van der Waals surface area (Å²) in [5.74, 6) is 0.366. The maximum absolute atomic E-state index is 12.7. The molecule has 1 N–H and O–H groups in total. The molecule has 0 fully saturated rings. The van der Waals surface area contributed by atoms with Crippen molar-refractivity contribution >= 4 is 28.9 Å². The number of para-hydroxylation sites is 1. The standard InChI is InChI=1S/C29H26N2O5/c1-34-24-13-8-22(9-14-24)29(23-10-15-25(35-2)16-11-23)31-26(32)19-36-27(33)17-12-21-6-3-5-20-7-4-18-30-28(20)21/h3-18,29H,19H2,1-2H3,(H,31,32)/b17-12-. The van der Waals surface area contributed by atoms with Crippen molar-refractivity contribution in [3.05, 3.63) is 108 Å². The fraction of sp³-hybridized carbons (Fsp3) is 0.138. The van der Waals surface area contributed by atoms with E-state index in [9.17, 15) is 9.59 Å². The molecule has 0 saturated carbocycles. The largest absolute Gasteiger partial charge is 0.497 e. The number of carbonyl (C=O) groups is 2. The highest BCUT2D eigenvalue weighted by Crippen LogP contribution is 2.26. The Labute approximate surface area is 209 Å². The summed E-state index contributed by atoms with van der Waals surface area (Å²) < 4.78 is 15.7. The minimum Gasteiger partial charge on any atom is -0.497 e. The van der Waals surface area contributed by atoms with Crippen LogP contribution in [-0.4, -0.2) is 37.7 Å². The van der Waals surface area contributed by atoms with Gasteiger partial charge in [-0.1, -0.05) is 48.5 Å². The van der Waals surface area contributed by atoms with E-state index in [1.165, 1.54) is 6.08 Å². The summed E-state index contributed by atoms with van der Waals surface area (Å²) in [6.07, 6.45) is 4.62. The topological polar surface area (TPSA) is 86.8 Å². The van der Waals surface area contributed by atoms with Crippen LogP contribution in [0.1, 0.15) is 22.7 Å². The average molecular weight is 483 g/mol. The average Bonchev–Trinajstić information content (AvgIpc) is 2.94. The Balaban J connectivity index is 1.42. The minimum atomic E-state index is -0.622.